The Labute approximate surface area is 87.4 Å². The fraction of sp³-hybridized carbons (Fsp3) is 0. The second kappa shape index (κ2) is 6.24. The van der Waals surface area contributed by atoms with Crippen LogP contribution in [-0.2, 0) is 9.59 Å². The van der Waals surface area contributed by atoms with Crippen LogP contribution in [-0.4, -0.2) is 11.1 Å². The van der Waals surface area contributed by atoms with E-state index in [-0.39, 0.29) is 6.15 Å². The lowest BCUT2D eigenvalue weighted by atomic mass is 10.1. The van der Waals surface area contributed by atoms with Gasteiger partial charge in [0.1, 0.15) is 0 Å². The Morgan fingerprint density at radius 2 is 1.47 bits per heavy atom. The molecule has 0 atom stereocenters. The summed E-state index contributed by atoms with van der Waals surface area (Å²) >= 11 is 0. The third-order valence-electron chi connectivity index (χ3n) is 1.73. The summed E-state index contributed by atoms with van der Waals surface area (Å²) in [5.41, 5.74) is 2.19. The maximum Gasteiger partial charge on any atom is 0.373 e. The highest BCUT2D eigenvalue weighted by atomic mass is 16.2. The molecule has 1 aromatic heterocycles. The molecule has 0 aliphatic heterocycles. The standard InChI is InChI=1S/C11H9N.CO2/c1-2-6-10(7-3-1)11-8-4-5-9-12-11;2-1-3/h1-9H;. The van der Waals surface area contributed by atoms with E-state index in [0.717, 1.165) is 11.3 Å². The van der Waals surface area contributed by atoms with Crippen molar-refractivity contribution in [2.45, 2.75) is 0 Å². The summed E-state index contributed by atoms with van der Waals surface area (Å²) in [5.74, 6) is 0. The summed E-state index contributed by atoms with van der Waals surface area (Å²) < 4.78 is 0. The van der Waals surface area contributed by atoms with Crippen molar-refractivity contribution in [1.29, 1.82) is 0 Å². The van der Waals surface area contributed by atoms with Crippen LogP contribution in [0.3, 0.4) is 0 Å². The summed E-state index contributed by atoms with van der Waals surface area (Å²) in [6.45, 7) is 0. The van der Waals surface area contributed by atoms with Crippen LogP contribution in [0.25, 0.3) is 11.3 Å². The minimum Gasteiger partial charge on any atom is -0.256 e. The minimum absolute atomic E-state index is 0.250. The van der Waals surface area contributed by atoms with Gasteiger partial charge in [-0.3, -0.25) is 4.98 Å². The van der Waals surface area contributed by atoms with Crippen molar-refractivity contribution < 1.29 is 9.59 Å². The predicted octanol–water partition coefficient (Wildman–Crippen LogP) is 2.17. The van der Waals surface area contributed by atoms with E-state index < -0.39 is 0 Å². The predicted molar refractivity (Wildman–Crippen MR) is 54.7 cm³/mol. The summed E-state index contributed by atoms with van der Waals surface area (Å²) in [5, 5.41) is 0. The molecular formula is C12H9NO2. The molecule has 0 radical (unpaired) electrons. The van der Waals surface area contributed by atoms with Gasteiger partial charge in [-0.2, -0.15) is 9.59 Å². The molecule has 0 fully saturated rings. The number of benzene rings is 1. The zero-order valence-corrected chi connectivity index (χ0v) is 7.96. The summed E-state index contributed by atoms with van der Waals surface area (Å²) in [7, 11) is 0. The molecule has 0 aliphatic rings. The normalized spacial score (nSPS) is 8.27. The molecule has 74 valence electrons. The first-order valence-electron chi connectivity index (χ1n) is 4.34. The largest absolute Gasteiger partial charge is 0.373 e. The highest BCUT2D eigenvalue weighted by Gasteiger charge is 1.93. The van der Waals surface area contributed by atoms with E-state index >= 15 is 0 Å². The van der Waals surface area contributed by atoms with Crippen LogP contribution in [0.4, 0.5) is 0 Å². The number of pyridine rings is 1. The monoisotopic (exact) mass is 199 g/mol. The number of aromatic nitrogens is 1. The molecule has 0 saturated heterocycles. The molecule has 2 rings (SSSR count). The van der Waals surface area contributed by atoms with Gasteiger partial charge < -0.3 is 0 Å². The van der Waals surface area contributed by atoms with Crippen LogP contribution in [0.15, 0.2) is 54.7 Å². The minimum atomic E-state index is 0.250. The number of carbonyl (C=O) groups excluding carboxylic acids is 2. The van der Waals surface area contributed by atoms with Gasteiger partial charge in [0, 0.05) is 11.8 Å². The average Bonchev–Trinajstić information content (AvgIpc) is 2.32. The molecule has 2 aromatic rings. The molecule has 1 aromatic carbocycles. The topological polar surface area (TPSA) is 47.0 Å². The molecule has 0 bridgehead atoms. The van der Waals surface area contributed by atoms with Gasteiger partial charge in [0.15, 0.2) is 0 Å². The lowest BCUT2D eigenvalue weighted by Crippen LogP contribution is -1.79. The first-order chi connectivity index (χ1) is 7.38. The van der Waals surface area contributed by atoms with Gasteiger partial charge in [0.2, 0.25) is 0 Å². The first kappa shape index (κ1) is 10.8. The van der Waals surface area contributed by atoms with Crippen molar-refractivity contribution in [2.24, 2.45) is 0 Å². The maximum atomic E-state index is 8.12. The molecular weight excluding hydrogens is 190 g/mol. The second-order valence-electron chi connectivity index (χ2n) is 2.66. The van der Waals surface area contributed by atoms with Crippen molar-refractivity contribution in [3.63, 3.8) is 0 Å². The average molecular weight is 199 g/mol. The van der Waals surface area contributed by atoms with Crippen molar-refractivity contribution in [2.75, 3.05) is 0 Å². The Balaban J connectivity index is 0.000000337. The Morgan fingerprint density at radius 1 is 0.867 bits per heavy atom. The van der Waals surface area contributed by atoms with Crippen LogP contribution in [0.5, 0.6) is 0 Å². The van der Waals surface area contributed by atoms with Crippen molar-refractivity contribution in [3.8, 4) is 11.3 Å². The van der Waals surface area contributed by atoms with E-state index in [1.165, 1.54) is 0 Å². The SMILES string of the molecule is O=C=O.c1ccc(-c2ccccn2)cc1. The van der Waals surface area contributed by atoms with Crippen LogP contribution >= 0.6 is 0 Å². The number of nitrogens with zero attached hydrogens (tertiary/aromatic N) is 1. The highest BCUT2D eigenvalue weighted by molar-refractivity contribution is 5.58. The van der Waals surface area contributed by atoms with E-state index in [4.69, 9.17) is 9.59 Å². The fourth-order valence-electron chi connectivity index (χ4n) is 1.14. The number of rotatable bonds is 1. The first-order valence-corrected chi connectivity index (χ1v) is 4.34. The van der Waals surface area contributed by atoms with Gasteiger partial charge in [0.25, 0.3) is 0 Å². The van der Waals surface area contributed by atoms with E-state index in [2.05, 4.69) is 17.1 Å². The molecule has 0 unspecified atom stereocenters. The smallest absolute Gasteiger partial charge is 0.256 e. The van der Waals surface area contributed by atoms with E-state index in [9.17, 15) is 0 Å². The molecule has 0 aliphatic carbocycles. The molecule has 0 amide bonds. The van der Waals surface area contributed by atoms with Crippen LogP contribution in [0.2, 0.25) is 0 Å². The second-order valence-corrected chi connectivity index (χ2v) is 2.66. The van der Waals surface area contributed by atoms with Gasteiger partial charge in [-0.05, 0) is 12.1 Å². The fourth-order valence-corrected chi connectivity index (χ4v) is 1.14. The zero-order chi connectivity index (χ0) is 10.9. The molecule has 0 N–H and O–H groups in total. The summed E-state index contributed by atoms with van der Waals surface area (Å²) in [6.07, 6.45) is 2.06. The molecule has 0 spiro atoms. The quantitative estimate of drug-likeness (QED) is 0.707. The van der Waals surface area contributed by atoms with Gasteiger partial charge in [-0.15, -0.1) is 0 Å². The van der Waals surface area contributed by atoms with Crippen LogP contribution in [0, 0.1) is 0 Å². The van der Waals surface area contributed by atoms with Gasteiger partial charge in [-0.25, -0.2) is 0 Å². The molecule has 1 heterocycles. The Bertz CT molecular complexity index is 382. The molecule has 3 heteroatoms. The third kappa shape index (κ3) is 3.55. The van der Waals surface area contributed by atoms with Crippen molar-refractivity contribution in [1.82, 2.24) is 4.98 Å². The van der Waals surface area contributed by atoms with E-state index in [1.54, 1.807) is 0 Å². The highest BCUT2D eigenvalue weighted by Crippen LogP contribution is 2.14. The lowest BCUT2D eigenvalue weighted by Gasteiger charge is -1.97. The Kier molecular flexibility index (Phi) is 4.51. The number of hydrogen-bond acceptors (Lipinski definition) is 3. The molecule has 3 nitrogen and oxygen atoms in total. The summed E-state index contributed by atoms with van der Waals surface area (Å²) in [6, 6.07) is 16.1. The summed E-state index contributed by atoms with van der Waals surface area (Å²) in [4.78, 5) is 20.5. The van der Waals surface area contributed by atoms with Crippen molar-refractivity contribution >= 4 is 6.15 Å². The third-order valence-corrected chi connectivity index (χ3v) is 1.73. The van der Waals surface area contributed by atoms with E-state index in [0.29, 0.717) is 0 Å². The van der Waals surface area contributed by atoms with Gasteiger partial charge in [-0.1, -0.05) is 36.4 Å². The van der Waals surface area contributed by atoms with Crippen LogP contribution in [0.1, 0.15) is 0 Å². The van der Waals surface area contributed by atoms with Gasteiger partial charge in [0.05, 0.1) is 5.69 Å². The Hall–Kier alpha value is -2.25. The van der Waals surface area contributed by atoms with Gasteiger partial charge >= 0.3 is 6.15 Å². The Morgan fingerprint density at radius 3 is 2.00 bits per heavy atom. The maximum absolute atomic E-state index is 8.12. The lowest BCUT2D eigenvalue weighted by molar-refractivity contribution is -0.191. The van der Waals surface area contributed by atoms with Crippen LogP contribution < -0.4 is 0 Å². The number of hydrogen-bond donors (Lipinski definition) is 0. The molecule has 15 heavy (non-hydrogen) atoms. The molecule has 0 saturated carbocycles. The zero-order valence-electron chi connectivity index (χ0n) is 7.96. The van der Waals surface area contributed by atoms with Crippen molar-refractivity contribution in [3.05, 3.63) is 54.7 Å². The van der Waals surface area contributed by atoms with E-state index in [1.807, 2.05) is 42.6 Å².